The van der Waals surface area contributed by atoms with Gasteiger partial charge in [0.1, 0.15) is 0 Å². The molecular formula is C29H34N2O5S. The minimum atomic E-state index is -4.15. The van der Waals surface area contributed by atoms with Crippen molar-refractivity contribution in [3.63, 3.8) is 0 Å². The molecule has 0 aliphatic heterocycles. The van der Waals surface area contributed by atoms with Gasteiger partial charge in [-0.2, -0.15) is 8.42 Å². The Labute approximate surface area is 219 Å². The number of aryl methyl sites for hydroxylation is 1. The van der Waals surface area contributed by atoms with Gasteiger partial charge in [-0.15, -0.1) is 0 Å². The molecule has 3 rings (SSSR count). The van der Waals surface area contributed by atoms with Gasteiger partial charge in [-0.1, -0.05) is 74.9 Å². The van der Waals surface area contributed by atoms with Crippen LogP contribution in [0.3, 0.4) is 0 Å². The highest BCUT2D eigenvalue weighted by molar-refractivity contribution is 7.85. The molecule has 0 spiro atoms. The minimum Gasteiger partial charge on any atom is -0.351 e. The second kappa shape index (κ2) is 11.7. The summed E-state index contributed by atoms with van der Waals surface area (Å²) in [7, 11) is -4.15. The molecule has 196 valence electrons. The van der Waals surface area contributed by atoms with Gasteiger partial charge in [-0.3, -0.25) is 14.1 Å². The van der Waals surface area contributed by atoms with E-state index in [0.717, 1.165) is 22.4 Å². The Morgan fingerprint density at radius 3 is 2.03 bits per heavy atom. The average molecular weight is 523 g/mol. The number of nitrogens with one attached hydrogen (secondary N) is 2. The lowest BCUT2D eigenvalue weighted by Gasteiger charge is -2.22. The quantitative estimate of drug-likeness (QED) is 0.347. The average Bonchev–Trinajstić information content (AvgIpc) is 2.83. The Bertz CT molecular complexity index is 1330. The van der Waals surface area contributed by atoms with Gasteiger partial charge in [-0.05, 0) is 59.7 Å². The van der Waals surface area contributed by atoms with Crippen molar-refractivity contribution in [1.29, 1.82) is 0 Å². The zero-order valence-electron chi connectivity index (χ0n) is 21.6. The summed E-state index contributed by atoms with van der Waals surface area (Å²) in [6, 6.07) is 22.6. The minimum absolute atomic E-state index is 0.00402. The zero-order chi connectivity index (χ0) is 27.2. The van der Waals surface area contributed by atoms with Crippen LogP contribution < -0.4 is 10.6 Å². The summed E-state index contributed by atoms with van der Waals surface area (Å²) in [5, 5.41) is 5.49. The smallest absolute Gasteiger partial charge is 0.266 e. The fourth-order valence-corrected chi connectivity index (χ4v) is 4.23. The first-order valence-corrected chi connectivity index (χ1v) is 13.7. The molecule has 3 N–H and O–H groups in total. The lowest BCUT2D eigenvalue weighted by atomic mass is 9.84. The van der Waals surface area contributed by atoms with Crippen LogP contribution in [0, 0.1) is 6.92 Å². The molecule has 3 aromatic carbocycles. The third-order valence-corrected chi connectivity index (χ3v) is 6.84. The number of amides is 2. The van der Waals surface area contributed by atoms with Crippen LogP contribution in [-0.4, -0.2) is 37.1 Å². The van der Waals surface area contributed by atoms with E-state index in [1.54, 1.807) is 24.3 Å². The zero-order valence-corrected chi connectivity index (χ0v) is 22.4. The van der Waals surface area contributed by atoms with Crippen LogP contribution in [0.4, 0.5) is 5.69 Å². The first-order valence-electron chi connectivity index (χ1n) is 12.1. The molecular weight excluding hydrogens is 488 g/mol. The van der Waals surface area contributed by atoms with Crippen molar-refractivity contribution in [2.75, 3.05) is 17.6 Å². The van der Waals surface area contributed by atoms with Gasteiger partial charge in [0.25, 0.3) is 16.0 Å². The summed E-state index contributed by atoms with van der Waals surface area (Å²) < 4.78 is 30.5. The highest BCUT2D eigenvalue weighted by Crippen LogP contribution is 2.28. The predicted molar refractivity (Wildman–Crippen MR) is 147 cm³/mol. The van der Waals surface area contributed by atoms with Crippen molar-refractivity contribution < 1.29 is 22.6 Å². The highest BCUT2D eigenvalue weighted by atomic mass is 32.2. The Hall–Kier alpha value is -3.49. The van der Waals surface area contributed by atoms with Gasteiger partial charge in [0.2, 0.25) is 5.91 Å². The number of rotatable bonds is 9. The molecule has 0 saturated carbocycles. The second-order valence-electron chi connectivity index (χ2n) is 10.2. The lowest BCUT2D eigenvalue weighted by Crippen LogP contribution is -2.28. The van der Waals surface area contributed by atoms with E-state index in [2.05, 4.69) is 43.5 Å². The molecule has 0 heterocycles. The van der Waals surface area contributed by atoms with E-state index >= 15 is 0 Å². The van der Waals surface area contributed by atoms with Crippen molar-refractivity contribution >= 4 is 27.6 Å². The number of carbonyl (C=O) groups excluding carboxylic acids is 2. The van der Waals surface area contributed by atoms with Crippen LogP contribution in [-0.2, 0) is 26.7 Å². The van der Waals surface area contributed by atoms with Crippen LogP contribution in [0.5, 0.6) is 0 Å². The summed E-state index contributed by atoms with van der Waals surface area (Å²) in [6.45, 7) is 8.23. The van der Waals surface area contributed by atoms with Crippen molar-refractivity contribution in [2.45, 2.75) is 45.4 Å². The molecule has 0 fully saturated rings. The van der Waals surface area contributed by atoms with Gasteiger partial charge in [0.05, 0.1) is 11.7 Å². The summed E-state index contributed by atoms with van der Waals surface area (Å²) in [5.74, 6) is -1.58. The summed E-state index contributed by atoms with van der Waals surface area (Å²) in [4.78, 5) is 25.7. The Balaban J connectivity index is 1.79. The van der Waals surface area contributed by atoms with E-state index in [9.17, 15) is 18.0 Å². The molecule has 7 nitrogen and oxygen atoms in total. The lowest BCUT2D eigenvalue weighted by molar-refractivity contribution is -0.117. The Morgan fingerprint density at radius 2 is 1.49 bits per heavy atom. The molecule has 8 heteroatoms. The number of hydrogen-bond donors (Lipinski definition) is 3. The third kappa shape index (κ3) is 8.55. The second-order valence-corrected chi connectivity index (χ2v) is 11.8. The first-order chi connectivity index (χ1) is 17.3. The number of hydrogen-bond acceptors (Lipinski definition) is 4. The van der Waals surface area contributed by atoms with Crippen LogP contribution in [0.15, 0.2) is 72.8 Å². The molecule has 2 amide bonds. The van der Waals surface area contributed by atoms with Crippen LogP contribution in [0.2, 0.25) is 0 Å². The maximum absolute atomic E-state index is 13.4. The van der Waals surface area contributed by atoms with Crippen LogP contribution >= 0.6 is 0 Å². The molecule has 0 bridgehead atoms. The van der Waals surface area contributed by atoms with E-state index in [1.165, 1.54) is 5.56 Å². The number of benzene rings is 3. The number of anilines is 1. The normalized spacial score (nSPS) is 12.6. The Morgan fingerprint density at radius 1 is 0.892 bits per heavy atom. The molecule has 0 aliphatic carbocycles. The molecule has 0 aromatic heterocycles. The monoisotopic (exact) mass is 522 g/mol. The molecule has 37 heavy (non-hydrogen) atoms. The first kappa shape index (κ1) is 28.1. The maximum Gasteiger partial charge on any atom is 0.266 e. The van der Waals surface area contributed by atoms with Crippen molar-refractivity contribution in [3.05, 3.63) is 101 Å². The highest BCUT2D eigenvalue weighted by Gasteiger charge is 2.23. The fraction of sp³-hybridized carbons (Fsp3) is 0.310. The van der Waals surface area contributed by atoms with Gasteiger partial charge in [0.15, 0.2) is 0 Å². The largest absolute Gasteiger partial charge is 0.351 e. The molecule has 3 aromatic rings. The van der Waals surface area contributed by atoms with Crippen LogP contribution in [0.1, 0.15) is 59.3 Å². The molecule has 0 saturated heterocycles. The van der Waals surface area contributed by atoms with Crippen LogP contribution in [0.25, 0.3) is 0 Å². The van der Waals surface area contributed by atoms with Gasteiger partial charge in [0, 0.05) is 17.8 Å². The van der Waals surface area contributed by atoms with E-state index in [-0.39, 0.29) is 17.9 Å². The van der Waals surface area contributed by atoms with Gasteiger partial charge < -0.3 is 10.6 Å². The number of carbonyl (C=O) groups is 2. The van der Waals surface area contributed by atoms with Gasteiger partial charge >= 0.3 is 0 Å². The third-order valence-electron chi connectivity index (χ3n) is 6.12. The summed E-state index contributed by atoms with van der Waals surface area (Å²) in [6.07, 6.45) is 0.428. The van der Waals surface area contributed by atoms with Gasteiger partial charge in [-0.25, -0.2) is 0 Å². The van der Waals surface area contributed by atoms with E-state index in [4.69, 9.17) is 4.55 Å². The fourth-order valence-electron chi connectivity index (χ4n) is 3.87. The molecule has 1 atom stereocenters. The predicted octanol–water partition coefficient (Wildman–Crippen LogP) is 4.88. The topological polar surface area (TPSA) is 113 Å². The maximum atomic E-state index is 13.4. The summed E-state index contributed by atoms with van der Waals surface area (Å²) in [5.41, 5.74) is 5.13. The van der Waals surface area contributed by atoms with E-state index in [1.807, 2.05) is 43.3 Å². The van der Waals surface area contributed by atoms with E-state index in [0.29, 0.717) is 12.0 Å². The molecule has 0 radical (unpaired) electrons. The molecule has 1 unspecified atom stereocenters. The van der Waals surface area contributed by atoms with Crippen molar-refractivity contribution in [3.8, 4) is 0 Å². The SMILES string of the molecule is Cc1ccc(NC(=O)C(Cc2ccc(C(=O)NCCS(=O)(=O)O)cc2)c2ccc(C(C)(C)C)cc2)cc1. The molecule has 0 aliphatic rings. The Kier molecular flexibility index (Phi) is 8.89. The summed E-state index contributed by atoms with van der Waals surface area (Å²) >= 11 is 0. The van der Waals surface area contributed by atoms with Crippen molar-refractivity contribution in [1.82, 2.24) is 5.32 Å². The van der Waals surface area contributed by atoms with Crippen molar-refractivity contribution in [2.24, 2.45) is 0 Å². The van der Waals surface area contributed by atoms with E-state index < -0.39 is 27.7 Å². The standard InChI is InChI=1S/C29H34N2O5S/c1-20-5-15-25(16-6-20)31-28(33)26(22-11-13-24(14-12-22)29(2,3)4)19-21-7-9-23(10-8-21)27(32)30-17-18-37(34,35)36/h5-16,26H,17-19H2,1-4H3,(H,30,32)(H,31,33)(H,34,35,36).